The predicted molar refractivity (Wildman–Crippen MR) is 58.4 cm³/mol. The van der Waals surface area contributed by atoms with Crippen molar-refractivity contribution in [2.75, 3.05) is 26.3 Å². The highest BCUT2D eigenvalue weighted by Crippen LogP contribution is 2.14. The van der Waals surface area contributed by atoms with Crippen LogP contribution in [-0.2, 0) is 4.74 Å². The number of hydrogen-bond donors (Lipinski definition) is 1. The molecule has 5 heteroatoms. The van der Waals surface area contributed by atoms with Gasteiger partial charge in [-0.25, -0.2) is 0 Å². The molecule has 0 rings (SSSR count). The summed E-state index contributed by atoms with van der Waals surface area (Å²) >= 11 is 0. The normalized spacial score (nSPS) is 12.4. The second kappa shape index (κ2) is 8.82. The van der Waals surface area contributed by atoms with Gasteiger partial charge in [0.05, 0.1) is 0 Å². The Bertz CT molecular complexity index is 160. The summed E-state index contributed by atoms with van der Waals surface area (Å²) in [5.41, 5.74) is 0. The highest BCUT2D eigenvalue weighted by atomic mass is 19.4. The minimum atomic E-state index is -4.20. The Morgan fingerprint density at radius 3 is 2.38 bits per heavy atom. The predicted octanol–water partition coefficient (Wildman–Crippen LogP) is 2.98. The van der Waals surface area contributed by atoms with Gasteiger partial charge < -0.3 is 10.1 Å². The first-order chi connectivity index (χ1) is 7.42. The monoisotopic (exact) mass is 241 g/mol. The Morgan fingerprint density at radius 2 is 1.81 bits per heavy atom. The summed E-state index contributed by atoms with van der Waals surface area (Å²) < 4.78 is 39.5. The minimum absolute atomic E-state index is 0.198. The van der Waals surface area contributed by atoms with Crippen molar-refractivity contribution in [1.82, 2.24) is 5.32 Å². The van der Waals surface area contributed by atoms with Crippen molar-refractivity contribution >= 4 is 0 Å². The van der Waals surface area contributed by atoms with Crippen LogP contribution in [0.5, 0.6) is 0 Å². The van der Waals surface area contributed by atoms with Crippen molar-refractivity contribution in [1.29, 1.82) is 0 Å². The Balaban J connectivity index is 3.05. The van der Waals surface area contributed by atoms with Crippen LogP contribution < -0.4 is 5.32 Å². The van der Waals surface area contributed by atoms with E-state index < -0.39 is 12.8 Å². The molecule has 1 N–H and O–H groups in total. The first kappa shape index (κ1) is 15.7. The largest absolute Gasteiger partial charge is 0.411 e. The van der Waals surface area contributed by atoms with E-state index >= 15 is 0 Å². The fourth-order valence-corrected chi connectivity index (χ4v) is 1.21. The van der Waals surface area contributed by atoms with E-state index in [1.165, 1.54) is 0 Å². The molecule has 0 spiro atoms. The fraction of sp³-hybridized carbons (Fsp3) is 1.00. The number of rotatable bonds is 9. The van der Waals surface area contributed by atoms with Gasteiger partial charge in [0.2, 0.25) is 0 Å². The molecular weight excluding hydrogens is 219 g/mol. The third-order valence-electron chi connectivity index (χ3n) is 1.96. The number of unbranched alkanes of at least 4 members (excludes halogenated alkanes) is 2. The molecule has 16 heavy (non-hydrogen) atoms. The van der Waals surface area contributed by atoms with Crippen LogP contribution in [0.3, 0.4) is 0 Å². The molecule has 2 nitrogen and oxygen atoms in total. The maximum atomic E-state index is 11.7. The van der Waals surface area contributed by atoms with Gasteiger partial charge in [0.15, 0.2) is 0 Å². The van der Waals surface area contributed by atoms with Crippen LogP contribution in [0.15, 0.2) is 0 Å². The molecule has 0 aromatic rings. The molecule has 98 valence electrons. The van der Waals surface area contributed by atoms with Crippen LogP contribution in [0.2, 0.25) is 0 Å². The molecule has 0 bridgehead atoms. The molecule has 0 atom stereocenters. The maximum absolute atomic E-state index is 11.7. The molecule has 0 radical (unpaired) electrons. The van der Waals surface area contributed by atoms with Gasteiger partial charge in [0.25, 0.3) is 0 Å². The van der Waals surface area contributed by atoms with Gasteiger partial charge in [-0.2, -0.15) is 13.2 Å². The lowest BCUT2D eigenvalue weighted by atomic mass is 10.2. The van der Waals surface area contributed by atoms with Crippen molar-refractivity contribution < 1.29 is 17.9 Å². The summed E-state index contributed by atoms with van der Waals surface area (Å²) in [7, 11) is 0. The number of nitrogens with one attached hydrogen (secondary N) is 1. The zero-order valence-corrected chi connectivity index (χ0v) is 10.1. The van der Waals surface area contributed by atoms with E-state index in [1.54, 1.807) is 0 Å². The van der Waals surface area contributed by atoms with Crippen LogP contribution in [0.4, 0.5) is 13.2 Å². The lowest BCUT2D eigenvalue weighted by Gasteiger charge is -2.08. The zero-order chi connectivity index (χ0) is 12.4. The van der Waals surface area contributed by atoms with Gasteiger partial charge in [-0.05, 0) is 38.3 Å². The minimum Gasteiger partial charge on any atom is -0.372 e. The van der Waals surface area contributed by atoms with E-state index in [2.05, 4.69) is 23.9 Å². The number of alkyl halides is 3. The van der Waals surface area contributed by atoms with Gasteiger partial charge in [-0.3, -0.25) is 0 Å². The van der Waals surface area contributed by atoms with Gasteiger partial charge in [-0.1, -0.05) is 13.8 Å². The van der Waals surface area contributed by atoms with Crippen molar-refractivity contribution in [2.45, 2.75) is 39.3 Å². The molecule has 0 unspecified atom stereocenters. The zero-order valence-electron chi connectivity index (χ0n) is 10.1. The molecule has 0 saturated carbocycles. The molecule has 0 aliphatic carbocycles. The lowest BCUT2D eigenvalue weighted by molar-refractivity contribution is -0.174. The Labute approximate surface area is 95.5 Å². The van der Waals surface area contributed by atoms with Crippen LogP contribution in [0.1, 0.15) is 33.1 Å². The summed E-state index contributed by atoms with van der Waals surface area (Å²) in [6.07, 6.45) is -1.61. The average Bonchev–Trinajstić information content (AvgIpc) is 2.13. The third kappa shape index (κ3) is 13.7. The standard InChI is InChI=1S/C11H22F3NO/c1-10(2)8-15-6-4-3-5-7-16-9-11(12,13)14/h10,15H,3-9H2,1-2H3. The van der Waals surface area contributed by atoms with Crippen molar-refractivity contribution in [3.05, 3.63) is 0 Å². The van der Waals surface area contributed by atoms with Crippen LogP contribution in [0.25, 0.3) is 0 Å². The molecule has 0 saturated heterocycles. The van der Waals surface area contributed by atoms with E-state index in [0.29, 0.717) is 12.3 Å². The van der Waals surface area contributed by atoms with E-state index in [-0.39, 0.29) is 6.61 Å². The second-order valence-corrected chi connectivity index (χ2v) is 4.33. The molecule has 0 heterocycles. The van der Waals surface area contributed by atoms with Gasteiger partial charge in [0.1, 0.15) is 6.61 Å². The number of halogens is 3. The molecule has 0 aromatic heterocycles. The average molecular weight is 241 g/mol. The number of hydrogen-bond acceptors (Lipinski definition) is 2. The van der Waals surface area contributed by atoms with Crippen LogP contribution in [0, 0.1) is 5.92 Å². The van der Waals surface area contributed by atoms with Crippen molar-refractivity contribution in [3.8, 4) is 0 Å². The van der Waals surface area contributed by atoms with Gasteiger partial charge in [0, 0.05) is 6.61 Å². The van der Waals surface area contributed by atoms with Crippen molar-refractivity contribution in [3.63, 3.8) is 0 Å². The maximum Gasteiger partial charge on any atom is 0.411 e. The van der Waals surface area contributed by atoms with E-state index in [9.17, 15) is 13.2 Å². The SMILES string of the molecule is CC(C)CNCCCCCOCC(F)(F)F. The smallest absolute Gasteiger partial charge is 0.372 e. The van der Waals surface area contributed by atoms with E-state index in [1.807, 2.05) is 0 Å². The highest BCUT2D eigenvalue weighted by Gasteiger charge is 2.26. The van der Waals surface area contributed by atoms with Gasteiger partial charge in [-0.15, -0.1) is 0 Å². The second-order valence-electron chi connectivity index (χ2n) is 4.33. The summed E-state index contributed by atoms with van der Waals surface area (Å²) in [6, 6.07) is 0. The molecule has 0 aliphatic rings. The summed E-state index contributed by atoms with van der Waals surface area (Å²) in [5, 5.41) is 3.28. The first-order valence-electron chi connectivity index (χ1n) is 5.77. The van der Waals surface area contributed by atoms with Crippen LogP contribution >= 0.6 is 0 Å². The third-order valence-corrected chi connectivity index (χ3v) is 1.96. The van der Waals surface area contributed by atoms with E-state index in [0.717, 1.165) is 25.9 Å². The van der Waals surface area contributed by atoms with Crippen molar-refractivity contribution in [2.24, 2.45) is 5.92 Å². The lowest BCUT2D eigenvalue weighted by Crippen LogP contribution is -2.20. The van der Waals surface area contributed by atoms with Gasteiger partial charge >= 0.3 is 6.18 Å². The molecular formula is C11H22F3NO. The Morgan fingerprint density at radius 1 is 1.12 bits per heavy atom. The fourth-order valence-electron chi connectivity index (χ4n) is 1.21. The van der Waals surface area contributed by atoms with Crippen LogP contribution in [-0.4, -0.2) is 32.5 Å². The Hall–Kier alpha value is -0.290. The molecule has 0 fully saturated rings. The summed E-state index contributed by atoms with van der Waals surface area (Å²) in [4.78, 5) is 0. The topological polar surface area (TPSA) is 21.3 Å². The highest BCUT2D eigenvalue weighted by molar-refractivity contribution is 4.52. The molecule has 0 aromatic carbocycles. The first-order valence-corrected chi connectivity index (χ1v) is 5.77. The summed E-state index contributed by atoms with van der Waals surface area (Å²) in [5.74, 6) is 0.634. The number of ether oxygens (including phenoxy) is 1. The summed E-state index contributed by atoms with van der Waals surface area (Å²) in [6.45, 7) is 5.26. The quantitative estimate of drug-likeness (QED) is 0.627. The molecule has 0 amide bonds. The Kier molecular flexibility index (Phi) is 8.66. The molecule has 0 aliphatic heterocycles. The van der Waals surface area contributed by atoms with E-state index in [4.69, 9.17) is 0 Å².